The Bertz CT molecular complexity index is 859. The third kappa shape index (κ3) is 3.69. The van der Waals surface area contributed by atoms with Gasteiger partial charge >= 0.3 is 6.61 Å². The normalized spacial score (nSPS) is 15.1. The highest BCUT2D eigenvalue weighted by molar-refractivity contribution is 6.13. The van der Waals surface area contributed by atoms with Crippen LogP contribution in [0.2, 0.25) is 0 Å². The zero-order valence-electron chi connectivity index (χ0n) is 14.4. The van der Waals surface area contributed by atoms with Crippen LogP contribution in [-0.4, -0.2) is 26.6 Å². The van der Waals surface area contributed by atoms with E-state index in [0.29, 0.717) is 23.1 Å². The van der Waals surface area contributed by atoms with E-state index in [2.05, 4.69) is 4.74 Å². The Morgan fingerprint density at radius 2 is 1.81 bits per heavy atom. The molecule has 0 unspecified atom stereocenters. The summed E-state index contributed by atoms with van der Waals surface area (Å²) in [6.07, 6.45) is 3.08. The molecule has 0 heterocycles. The molecule has 6 heteroatoms. The third-order valence-electron chi connectivity index (χ3n) is 4.26. The van der Waals surface area contributed by atoms with Crippen molar-refractivity contribution in [1.82, 2.24) is 0 Å². The van der Waals surface area contributed by atoms with Gasteiger partial charge in [-0.3, -0.25) is 4.79 Å². The first-order valence-electron chi connectivity index (χ1n) is 8.07. The van der Waals surface area contributed by atoms with Gasteiger partial charge in [-0.2, -0.15) is 8.78 Å². The molecule has 4 nitrogen and oxygen atoms in total. The second-order valence-electron chi connectivity index (χ2n) is 5.81. The standard InChI is InChI=1S/C20H18F2O4/c1-24-15-6-7-16-13(11-15)4-5-14(19(16)23)9-12-3-8-17(26-20(21)22)18(10-12)25-2/h3,6-11,20H,4-5H2,1-2H3/b14-9-. The van der Waals surface area contributed by atoms with E-state index in [9.17, 15) is 13.6 Å². The minimum Gasteiger partial charge on any atom is -0.497 e. The van der Waals surface area contributed by atoms with Crippen molar-refractivity contribution in [2.75, 3.05) is 14.2 Å². The number of rotatable bonds is 5. The van der Waals surface area contributed by atoms with E-state index in [1.807, 2.05) is 6.07 Å². The number of benzene rings is 2. The van der Waals surface area contributed by atoms with Gasteiger partial charge in [0.05, 0.1) is 14.2 Å². The van der Waals surface area contributed by atoms with Crippen LogP contribution in [0.25, 0.3) is 6.08 Å². The summed E-state index contributed by atoms with van der Waals surface area (Å²) >= 11 is 0. The van der Waals surface area contributed by atoms with Crippen LogP contribution in [0, 0.1) is 0 Å². The highest BCUT2D eigenvalue weighted by atomic mass is 19.3. The SMILES string of the molecule is COc1ccc2c(c1)CC/C(=C/c1ccc(OC(F)F)c(OC)c1)C2=O. The molecular formula is C20H18F2O4. The van der Waals surface area contributed by atoms with Crippen LogP contribution in [-0.2, 0) is 6.42 Å². The fourth-order valence-corrected chi connectivity index (χ4v) is 2.99. The van der Waals surface area contributed by atoms with Gasteiger partial charge in [-0.25, -0.2) is 0 Å². The largest absolute Gasteiger partial charge is 0.497 e. The number of allylic oxidation sites excluding steroid dienone is 1. The summed E-state index contributed by atoms with van der Waals surface area (Å²) in [7, 11) is 2.96. The lowest BCUT2D eigenvalue weighted by molar-refractivity contribution is -0.0512. The second kappa shape index (κ2) is 7.56. The summed E-state index contributed by atoms with van der Waals surface area (Å²) in [4.78, 5) is 12.7. The van der Waals surface area contributed by atoms with Crippen LogP contribution in [0.1, 0.15) is 27.9 Å². The smallest absolute Gasteiger partial charge is 0.387 e. The number of alkyl halides is 2. The molecule has 0 N–H and O–H groups in total. The molecule has 1 aliphatic carbocycles. The van der Waals surface area contributed by atoms with Gasteiger partial charge in [0.1, 0.15) is 5.75 Å². The summed E-state index contributed by atoms with van der Waals surface area (Å²) in [6.45, 7) is -2.93. The van der Waals surface area contributed by atoms with E-state index in [0.717, 1.165) is 17.7 Å². The quantitative estimate of drug-likeness (QED) is 0.736. The van der Waals surface area contributed by atoms with Crippen LogP contribution in [0.15, 0.2) is 42.0 Å². The molecule has 136 valence electrons. The second-order valence-corrected chi connectivity index (χ2v) is 5.81. The van der Waals surface area contributed by atoms with Gasteiger partial charge in [0.2, 0.25) is 0 Å². The topological polar surface area (TPSA) is 44.8 Å². The van der Waals surface area contributed by atoms with Crippen LogP contribution < -0.4 is 14.2 Å². The van der Waals surface area contributed by atoms with Gasteiger partial charge in [-0.05, 0) is 60.4 Å². The molecule has 0 atom stereocenters. The lowest BCUT2D eigenvalue weighted by Gasteiger charge is -2.18. The van der Waals surface area contributed by atoms with Crippen LogP contribution in [0.4, 0.5) is 8.78 Å². The zero-order chi connectivity index (χ0) is 18.7. The number of carbonyl (C=O) groups is 1. The van der Waals surface area contributed by atoms with E-state index >= 15 is 0 Å². The summed E-state index contributed by atoms with van der Waals surface area (Å²) < 4.78 is 39.5. The van der Waals surface area contributed by atoms with Crippen LogP contribution >= 0.6 is 0 Å². The number of hydrogen-bond donors (Lipinski definition) is 0. The number of ether oxygens (including phenoxy) is 3. The summed E-state index contributed by atoms with van der Waals surface area (Å²) in [5, 5.41) is 0. The molecular weight excluding hydrogens is 342 g/mol. The molecule has 0 aromatic heterocycles. The minimum absolute atomic E-state index is 0.0409. The van der Waals surface area contributed by atoms with E-state index in [1.165, 1.54) is 13.2 Å². The lowest BCUT2D eigenvalue weighted by Crippen LogP contribution is -2.14. The Labute approximate surface area is 150 Å². The summed E-state index contributed by atoms with van der Waals surface area (Å²) in [6, 6.07) is 10.0. The molecule has 0 radical (unpaired) electrons. The number of Topliss-reactive ketones (excluding diaryl/α,β-unsaturated/α-hetero) is 1. The molecule has 0 amide bonds. The number of methoxy groups -OCH3 is 2. The maximum atomic E-state index is 12.7. The van der Waals surface area contributed by atoms with E-state index in [1.54, 1.807) is 37.5 Å². The average molecular weight is 360 g/mol. The molecule has 0 spiro atoms. The monoisotopic (exact) mass is 360 g/mol. The van der Waals surface area contributed by atoms with E-state index in [-0.39, 0.29) is 17.3 Å². The number of halogens is 2. The third-order valence-corrected chi connectivity index (χ3v) is 4.26. The molecule has 26 heavy (non-hydrogen) atoms. The molecule has 1 aliphatic rings. The molecule has 3 rings (SSSR count). The predicted molar refractivity (Wildman–Crippen MR) is 93.2 cm³/mol. The summed E-state index contributed by atoms with van der Waals surface area (Å²) in [5.41, 5.74) is 2.97. The maximum Gasteiger partial charge on any atom is 0.387 e. The van der Waals surface area contributed by atoms with Gasteiger partial charge in [-0.15, -0.1) is 0 Å². The van der Waals surface area contributed by atoms with E-state index < -0.39 is 6.61 Å². The van der Waals surface area contributed by atoms with Crippen molar-refractivity contribution in [3.8, 4) is 17.2 Å². The van der Waals surface area contributed by atoms with Gasteiger partial charge in [0.15, 0.2) is 17.3 Å². The maximum absolute atomic E-state index is 12.7. The molecule has 2 aromatic carbocycles. The first kappa shape index (κ1) is 17.9. The first-order valence-corrected chi connectivity index (χ1v) is 8.07. The Morgan fingerprint density at radius 3 is 2.50 bits per heavy atom. The fourth-order valence-electron chi connectivity index (χ4n) is 2.99. The fraction of sp³-hybridized carbons (Fsp3) is 0.250. The van der Waals surface area contributed by atoms with Crippen molar-refractivity contribution in [3.05, 3.63) is 58.7 Å². The van der Waals surface area contributed by atoms with Crippen LogP contribution in [0.3, 0.4) is 0 Å². The molecule has 0 saturated heterocycles. The Balaban J connectivity index is 1.89. The Hall–Kier alpha value is -2.89. The lowest BCUT2D eigenvalue weighted by atomic mass is 9.86. The van der Waals surface area contributed by atoms with Gasteiger partial charge in [0, 0.05) is 11.1 Å². The van der Waals surface area contributed by atoms with Gasteiger partial charge in [-0.1, -0.05) is 6.07 Å². The minimum atomic E-state index is -2.93. The number of ketones is 1. The van der Waals surface area contributed by atoms with Crippen molar-refractivity contribution in [1.29, 1.82) is 0 Å². The van der Waals surface area contributed by atoms with Gasteiger partial charge in [0.25, 0.3) is 0 Å². The average Bonchev–Trinajstić information content (AvgIpc) is 2.64. The number of hydrogen-bond acceptors (Lipinski definition) is 4. The highest BCUT2D eigenvalue weighted by Crippen LogP contribution is 2.33. The zero-order valence-corrected chi connectivity index (χ0v) is 14.4. The Kier molecular flexibility index (Phi) is 5.21. The predicted octanol–water partition coefficient (Wildman–Crippen LogP) is 4.52. The molecule has 0 saturated carbocycles. The first-order chi connectivity index (χ1) is 12.5. The molecule has 0 fully saturated rings. The van der Waals surface area contributed by atoms with E-state index in [4.69, 9.17) is 9.47 Å². The molecule has 0 bridgehead atoms. The van der Waals surface area contributed by atoms with Gasteiger partial charge < -0.3 is 14.2 Å². The van der Waals surface area contributed by atoms with Crippen molar-refractivity contribution < 1.29 is 27.8 Å². The van der Waals surface area contributed by atoms with Crippen LogP contribution in [0.5, 0.6) is 17.2 Å². The summed E-state index contributed by atoms with van der Waals surface area (Å²) in [5.74, 6) is 0.828. The number of fused-ring (bicyclic) bond motifs is 1. The number of aryl methyl sites for hydroxylation is 1. The van der Waals surface area contributed by atoms with Crippen molar-refractivity contribution in [2.24, 2.45) is 0 Å². The highest BCUT2D eigenvalue weighted by Gasteiger charge is 2.22. The van der Waals surface area contributed by atoms with Crippen molar-refractivity contribution in [3.63, 3.8) is 0 Å². The number of carbonyl (C=O) groups excluding carboxylic acids is 1. The van der Waals surface area contributed by atoms with Crippen molar-refractivity contribution in [2.45, 2.75) is 19.5 Å². The Morgan fingerprint density at radius 1 is 1.00 bits per heavy atom. The molecule has 2 aromatic rings. The van der Waals surface area contributed by atoms with Crippen molar-refractivity contribution >= 4 is 11.9 Å². The molecule has 0 aliphatic heterocycles.